The Morgan fingerprint density at radius 3 is 2.64 bits per heavy atom. The number of nitrogens with one attached hydrogen (secondary N) is 1. The molecule has 1 N–H and O–H groups in total. The van der Waals surface area contributed by atoms with E-state index in [9.17, 15) is 9.18 Å². The van der Waals surface area contributed by atoms with Crippen molar-refractivity contribution < 1.29 is 9.18 Å². The number of para-hydroxylation sites is 2. The molecule has 2 heterocycles. The van der Waals surface area contributed by atoms with Gasteiger partial charge >= 0.3 is 0 Å². The summed E-state index contributed by atoms with van der Waals surface area (Å²) in [6.45, 7) is 4.44. The van der Waals surface area contributed by atoms with Crippen molar-refractivity contribution in [3.05, 3.63) is 87.6 Å². The van der Waals surface area contributed by atoms with Crippen LogP contribution in [0.15, 0.2) is 60.9 Å². The SMILES string of the molecule is Cc1cc(C(=O)N[C@@H](Cn2cnc3ccccc32)c2ccc(F)cc2)c(C)s1. The van der Waals surface area contributed by atoms with Crippen LogP contribution in [0.5, 0.6) is 0 Å². The lowest BCUT2D eigenvalue weighted by molar-refractivity contribution is 0.0932. The van der Waals surface area contributed by atoms with E-state index >= 15 is 0 Å². The maximum Gasteiger partial charge on any atom is 0.252 e. The fourth-order valence-corrected chi connectivity index (χ4v) is 4.30. The fraction of sp³-hybridized carbons (Fsp3) is 0.182. The smallest absolute Gasteiger partial charge is 0.252 e. The molecule has 0 fully saturated rings. The monoisotopic (exact) mass is 393 g/mol. The van der Waals surface area contributed by atoms with Crippen LogP contribution in [0, 0.1) is 19.7 Å². The first-order chi connectivity index (χ1) is 13.5. The summed E-state index contributed by atoms with van der Waals surface area (Å²) in [5.41, 5.74) is 3.42. The van der Waals surface area contributed by atoms with Gasteiger partial charge in [0.15, 0.2) is 0 Å². The van der Waals surface area contributed by atoms with E-state index < -0.39 is 0 Å². The Kier molecular flexibility index (Phi) is 4.96. The van der Waals surface area contributed by atoms with Crippen LogP contribution in [0.25, 0.3) is 11.0 Å². The number of imidazole rings is 1. The topological polar surface area (TPSA) is 46.9 Å². The summed E-state index contributed by atoms with van der Waals surface area (Å²) in [6.07, 6.45) is 1.77. The summed E-state index contributed by atoms with van der Waals surface area (Å²) in [7, 11) is 0. The van der Waals surface area contributed by atoms with Gasteiger partial charge in [-0.15, -0.1) is 11.3 Å². The molecule has 0 saturated heterocycles. The number of aromatic nitrogens is 2. The first-order valence-corrected chi connectivity index (χ1v) is 9.86. The Balaban J connectivity index is 1.66. The van der Waals surface area contributed by atoms with Gasteiger partial charge < -0.3 is 9.88 Å². The van der Waals surface area contributed by atoms with Crippen LogP contribution in [-0.4, -0.2) is 15.5 Å². The van der Waals surface area contributed by atoms with Crippen LogP contribution in [0.4, 0.5) is 4.39 Å². The highest BCUT2D eigenvalue weighted by Crippen LogP contribution is 2.24. The second kappa shape index (κ2) is 7.56. The number of halogens is 1. The van der Waals surface area contributed by atoms with Crippen molar-refractivity contribution in [2.75, 3.05) is 0 Å². The standard InChI is InChI=1S/C22H20FN3OS/c1-14-11-18(15(2)28-14)22(27)25-20(16-7-9-17(23)10-8-16)12-26-13-24-19-5-3-4-6-21(19)26/h3-11,13,20H,12H2,1-2H3,(H,25,27)/t20-/m0/s1. The van der Waals surface area contributed by atoms with E-state index in [2.05, 4.69) is 10.3 Å². The van der Waals surface area contributed by atoms with Gasteiger partial charge in [0, 0.05) is 16.3 Å². The first-order valence-electron chi connectivity index (χ1n) is 9.04. The summed E-state index contributed by atoms with van der Waals surface area (Å²) in [5, 5.41) is 3.12. The number of rotatable bonds is 5. The molecule has 1 atom stereocenters. The van der Waals surface area contributed by atoms with Crippen LogP contribution in [-0.2, 0) is 6.54 Å². The van der Waals surface area contributed by atoms with E-state index in [4.69, 9.17) is 0 Å². The Labute approximate surface area is 166 Å². The minimum Gasteiger partial charge on any atom is -0.343 e. The number of benzene rings is 2. The fourth-order valence-electron chi connectivity index (χ4n) is 3.37. The quantitative estimate of drug-likeness (QED) is 0.517. The van der Waals surface area contributed by atoms with Gasteiger partial charge in [-0.3, -0.25) is 4.79 Å². The number of carbonyl (C=O) groups excluding carboxylic acids is 1. The number of amides is 1. The molecule has 4 aromatic rings. The molecule has 0 spiro atoms. The molecule has 0 bridgehead atoms. The zero-order valence-electron chi connectivity index (χ0n) is 15.6. The van der Waals surface area contributed by atoms with E-state index in [1.165, 1.54) is 12.1 Å². The molecule has 142 valence electrons. The van der Waals surface area contributed by atoms with Crippen molar-refractivity contribution in [2.24, 2.45) is 0 Å². The maximum atomic E-state index is 13.4. The summed E-state index contributed by atoms with van der Waals surface area (Å²) in [5.74, 6) is -0.424. The molecule has 2 aromatic heterocycles. The molecule has 2 aromatic carbocycles. The molecule has 0 aliphatic heterocycles. The minimum absolute atomic E-state index is 0.124. The predicted octanol–water partition coefficient (Wildman–Crippen LogP) is 5.03. The number of hydrogen-bond donors (Lipinski definition) is 1. The summed E-state index contributed by atoms with van der Waals surface area (Å²) in [4.78, 5) is 19.4. The average molecular weight is 393 g/mol. The molecular formula is C22H20FN3OS. The van der Waals surface area contributed by atoms with Crippen molar-refractivity contribution in [2.45, 2.75) is 26.4 Å². The Hall–Kier alpha value is -2.99. The molecule has 0 saturated carbocycles. The molecule has 0 unspecified atom stereocenters. The minimum atomic E-state index is -0.315. The van der Waals surface area contributed by atoms with E-state index in [0.29, 0.717) is 12.1 Å². The van der Waals surface area contributed by atoms with Gasteiger partial charge in [-0.05, 0) is 49.7 Å². The van der Waals surface area contributed by atoms with Gasteiger partial charge in [0.2, 0.25) is 0 Å². The molecule has 0 radical (unpaired) electrons. The summed E-state index contributed by atoms with van der Waals surface area (Å²) >= 11 is 1.60. The van der Waals surface area contributed by atoms with Gasteiger partial charge in [0.1, 0.15) is 5.82 Å². The maximum absolute atomic E-state index is 13.4. The lowest BCUT2D eigenvalue weighted by Crippen LogP contribution is -2.31. The van der Waals surface area contributed by atoms with E-state index in [1.54, 1.807) is 29.8 Å². The second-order valence-corrected chi connectivity index (χ2v) is 8.25. The largest absolute Gasteiger partial charge is 0.343 e. The van der Waals surface area contributed by atoms with Crippen LogP contribution >= 0.6 is 11.3 Å². The van der Waals surface area contributed by atoms with Gasteiger partial charge in [-0.2, -0.15) is 0 Å². The van der Waals surface area contributed by atoms with Crippen molar-refractivity contribution >= 4 is 28.3 Å². The van der Waals surface area contributed by atoms with Crippen molar-refractivity contribution in [3.8, 4) is 0 Å². The number of hydrogen-bond acceptors (Lipinski definition) is 3. The molecule has 28 heavy (non-hydrogen) atoms. The third-order valence-electron chi connectivity index (χ3n) is 4.77. The van der Waals surface area contributed by atoms with Crippen molar-refractivity contribution in [3.63, 3.8) is 0 Å². The van der Waals surface area contributed by atoms with Crippen molar-refractivity contribution in [1.82, 2.24) is 14.9 Å². The lowest BCUT2D eigenvalue weighted by Gasteiger charge is -2.20. The highest BCUT2D eigenvalue weighted by atomic mass is 32.1. The number of carbonyl (C=O) groups is 1. The van der Waals surface area contributed by atoms with Crippen LogP contribution in [0.3, 0.4) is 0 Å². The molecule has 4 nitrogen and oxygen atoms in total. The van der Waals surface area contributed by atoms with E-state index in [1.807, 2.05) is 48.7 Å². The van der Waals surface area contributed by atoms with Gasteiger partial charge in [-0.1, -0.05) is 24.3 Å². The molecular weight excluding hydrogens is 373 g/mol. The molecule has 0 aliphatic rings. The third-order valence-corrected chi connectivity index (χ3v) is 5.74. The van der Waals surface area contributed by atoms with Gasteiger partial charge in [0.05, 0.1) is 29.0 Å². The molecule has 6 heteroatoms. The highest BCUT2D eigenvalue weighted by molar-refractivity contribution is 7.12. The zero-order chi connectivity index (χ0) is 19.7. The van der Waals surface area contributed by atoms with Gasteiger partial charge in [0.25, 0.3) is 5.91 Å². The third kappa shape index (κ3) is 3.68. The van der Waals surface area contributed by atoms with E-state index in [-0.39, 0.29) is 17.8 Å². The number of nitrogens with zero attached hydrogens (tertiary/aromatic N) is 2. The van der Waals surface area contributed by atoms with Crippen LogP contribution in [0.2, 0.25) is 0 Å². The molecule has 1 amide bonds. The number of aryl methyl sites for hydroxylation is 2. The second-order valence-electron chi connectivity index (χ2n) is 6.79. The molecule has 4 rings (SSSR count). The lowest BCUT2D eigenvalue weighted by atomic mass is 10.1. The van der Waals surface area contributed by atoms with Crippen molar-refractivity contribution in [1.29, 1.82) is 0 Å². The normalized spacial score (nSPS) is 12.2. The summed E-state index contributed by atoms with van der Waals surface area (Å²) < 4.78 is 15.4. The first kappa shape index (κ1) is 18.4. The molecule has 0 aliphatic carbocycles. The summed E-state index contributed by atoms with van der Waals surface area (Å²) in [6, 6.07) is 15.7. The predicted molar refractivity (Wildman–Crippen MR) is 110 cm³/mol. The number of fused-ring (bicyclic) bond motifs is 1. The van der Waals surface area contributed by atoms with E-state index in [0.717, 1.165) is 26.4 Å². The Morgan fingerprint density at radius 2 is 1.93 bits per heavy atom. The van der Waals surface area contributed by atoms with Crippen LogP contribution < -0.4 is 5.32 Å². The van der Waals surface area contributed by atoms with Gasteiger partial charge in [-0.25, -0.2) is 9.37 Å². The average Bonchev–Trinajstić information content (AvgIpc) is 3.24. The van der Waals surface area contributed by atoms with Crippen LogP contribution in [0.1, 0.15) is 31.7 Å². The Bertz CT molecular complexity index is 1130. The Morgan fingerprint density at radius 1 is 1.18 bits per heavy atom. The number of thiophene rings is 1. The highest BCUT2D eigenvalue weighted by Gasteiger charge is 2.20. The zero-order valence-corrected chi connectivity index (χ0v) is 16.5.